The number of nitrogens with one attached hydrogen (secondary N) is 1. The molecular weight excluding hydrogens is 218 g/mol. The Morgan fingerprint density at radius 1 is 1.29 bits per heavy atom. The normalized spacial score (nSPS) is 23.9. The van der Waals surface area contributed by atoms with Gasteiger partial charge in [0.1, 0.15) is 6.04 Å². The number of aliphatic hydroxyl groups is 1. The quantitative estimate of drug-likeness (QED) is 0.502. The first-order valence-electron chi connectivity index (χ1n) is 6.82. The van der Waals surface area contributed by atoms with E-state index >= 15 is 0 Å². The number of rotatable bonds is 8. The lowest BCUT2D eigenvalue weighted by Gasteiger charge is -2.09. The minimum Gasteiger partial charge on any atom is -0.465 e. The fourth-order valence-corrected chi connectivity index (χ4v) is 2.05. The predicted octanol–water partition coefficient (Wildman–Crippen LogP) is 1.61. The van der Waals surface area contributed by atoms with E-state index in [0.717, 1.165) is 12.8 Å². The summed E-state index contributed by atoms with van der Waals surface area (Å²) < 4.78 is 5.17. The van der Waals surface area contributed by atoms with Gasteiger partial charge in [0.2, 0.25) is 0 Å². The molecule has 1 heterocycles. The van der Waals surface area contributed by atoms with E-state index in [4.69, 9.17) is 4.74 Å². The number of unbranched alkanes of at least 4 members (excludes halogenated alkanes) is 5. The number of β-amino-alcohol motifs (C(OH)–C–C–N with tert-alkyl or cyclic N) is 1. The van der Waals surface area contributed by atoms with Gasteiger partial charge in [0.05, 0.1) is 12.7 Å². The summed E-state index contributed by atoms with van der Waals surface area (Å²) >= 11 is 0. The van der Waals surface area contributed by atoms with E-state index in [9.17, 15) is 9.90 Å². The molecule has 17 heavy (non-hydrogen) atoms. The molecule has 0 bridgehead atoms. The standard InChI is InChI=1S/C13H25NO3/c1-2-3-4-5-6-7-8-17-13(16)12-9-11(15)10-14-12/h11-12,14-15H,2-10H2,1H3. The summed E-state index contributed by atoms with van der Waals surface area (Å²) in [4.78, 5) is 11.5. The summed E-state index contributed by atoms with van der Waals surface area (Å²) in [5.74, 6) is -0.213. The van der Waals surface area contributed by atoms with Crippen molar-refractivity contribution in [1.82, 2.24) is 5.32 Å². The molecule has 0 aromatic heterocycles. The van der Waals surface area contributed by atoms with Crippen LogP contribution in [0.1, 0.15) is 51.9 Å². The topological polar surface area (TPSA) is 58.6 Å². The van der Waals surface area contributed by atoms with E-state index in [1.807, 2.05) is 0 Å². The first-order chi connectivity index (χ1) is 8.24. The Kier molecular flexibility index (Phi) is 7.21. The van der Waals surface area contributed by atoms with Crippen LogP contribution in [0.25, 0.3) is 0 Å². The smallest absolute Gasteiger partial charge is 0.323 e. The molecule has 4 heteroatoms. The van der Waals surface area contributed by atoms with E-state index in [-0.39, 0.29) is 12.0 Å². The van der Waals surface area contributed by atoms with Gasteiger partial charge in [-0.3, -0.25) is 4.79 Å². The van der Waals surface area contributed by atoms with E-state index in [1.54, 1.807) is 0 Å². The van der Waals surface area contributed by atoms with Gasteiger partial charge in [-0.15, -0.1) is 0 Å². The first kappa shape index (κ1) is 14.5. The first-order valence-corrected chi connectivity index (χ1v) is 6.82. The third-order valence-corrected chi connectivity index (χ3v) is 3.13. The van der Waals surface area contributed by atoms with Gasteiger partial charge in [-0.1, -0.05) is 39.0 Å². The molecule has 0 aromatic carbocycles. The summed E-state index contributed by atoms with van der Waals surface area (Å²) in [5.41, 5.74) is 0. The zero-order chi connectivity index (χ0) is 12.5. The average molecular weight is 243 g/mol. The maximum absolute atomic E-state index is 11.5. The van der Waals surface area contributed by atoms with Crippen molar-refractivity contribution in [3.63, 3.8) is 0 Å². The Morgan fingerprint density at radius 3 is 2.65 bits per heavy atom. The third-order valence-electron chi connectivity index (χ3n) is 3.13. The van der Waals surface area contributed by atoms with Crippen molar-refractivity contribution in [3.8, 4) is 0 Å². The molecule has 1 rings (SSSR count). The molecule has 1 aliphatic rings. The van der Waals surface area contributed by atoms with Gasteiger partial charge in [-0.2, -0.15) is 0 Å². The number of ether oxygens (including phenoxy) is 1. The van der Waals surface area contributed by atoms with Crippen LogP contribution in [-0.4, -0.2) is 36.4 Å². The van der Waals surface area contributed by atoms with Crippen molar-refractivity contribution in [2.75, 3.05) is 13.2 Å². The highest BCUT2D eigenvalue weighted by Crippen LogP contribution is 2.09. The van der Waals surface area contributed by atoms with Crippen LogP contribution in [0.4, 0.5) is 0 Å². The van der Waals surface area contributed by atoms with Crippen molar-refractivity contribution in [1.29, 1.82) is 0 Å². The number of aliphatic hydroxyl groups excluding tert-OH is 1. The SMILES string of the molecule is CCCCCCCCOC(=O)C1CC(O)CN1. The zero-order valence-electron chi connectivity index (χ0n) is 10.8. The Labute approximate surface area is 104 Å². The molecule has 0 saturated carbocycles. The molecule has 1 aliphatic heterocycles. The minimum atomic E-state index is -0.401. The molecular formula is C13H25NO3. The molecule has 0 amide bonds. The Hall–Kier alpha value is -0.610. The van der Waals surface area contributed by atoms with Gasteiger partial charge >= 0.3 is 5.97 Å². The maximum Gasteiger partial charge on any atom is 0.323 e. The van der Waals surface area contributed by atoms with Crippen LogP contribution in [0.2, 0.25) is 0 Å². The lowest BCUT2D eigenvalue weighted by Crippen LogP contribution is -2.32. The Balaban J connectivity index is 1.93. The number of carbonyl (C=O) groups is 1. The lowest BCUT2D eigenvalue weighted by molar-refractivity contribution is -0.146. The van der Waals surface area contributed by atoms with Gasteiger partial charge in [0, 0.05) is 13.0 Å². The summed E-state index contributed by atoms with van der Waals surface area (Å²) in [6.45, 7) is 3.21. The van der Waals surface area contributed by atoms with E-state index in [0.29, 0.717) is 19.6 Å². The second kappa shape index (κ2) is 8.48. The van der Waals surface area contributed by atoms with Gasteiger partial charge in [-0.05, 0) is 6.42 Å². The zero-order valence-corrected chi connectivity index (χ0v) is 10.8. The molecule has 2 atom stereocenters. The highest BCUT2D eigenvalue weighted by atomic mass is 16.5. The highest BCUT2D eigenvalue weighted by molar-refractivity contribution is 5.76. The number of hydrogen-bond acceptors (Lipinski definition) is 4. The fourth-order valence-electron chi connectivity index (χ4n) is 2.05. The van der Waals surface area contributed by atoms with Crippen LogP contribution in [0.5, 0.6) is 0 Å². The average Bonchev–Trinajstić information content (AvgIpc) is 2.74. The van der Waals surface area contributed by atoms with Gasteiger partial charge in [0.15, 0.2) is 0 Å². The van der Waals surface area contributed by atoms with Gasteiger partial charge in [-0.25, -0.2) is 0 Å². The molecule has 0 aliphatic carbocycles. The lowest BCUT2D eigenvalue weighted by atomic mass is 10.1. The molecule has 2 N–H and O–H groups in total. The van der Waals surface area contributed by atoms with Crippen LogP contribution in [0.3, 0.4) is 0 Å². The Morgan fingerprint density at radius 2 is 2.00 bits per heavy atom. The van der Waals surface area contributed by atoms with Gasteiger partial charge in [0.25, 0.3) is 0 Å². The van der Waals surface area contributed by atoms with Crippen molar-refractivity contribution in [3.05, 3.63) is 0 Å². The summed E-state index contributed by atoms with van der Waals surface area (Å²) in [7, 11) is 0. The van der Waals surface area contributed by atoms with Crippen LogP contribution < -0.4 is 5.32 Å². The molecule has 0 radical (unpaired) electrons. The van der Waals surface area contributed by atoms with Crippen molar-refractivity contribution >= 4 is 5.97 Å². The van der Waals surface area contributed by atoms with E-state index in [1.165, 1.54) is 25.7 Å². The fraction of sp³-hybridized carbons (Fsp3) is 0.923. The van der Waals surface area contributed by atoms with Crippen LogP contribution in [0.15, 0.2) is 0 Å². The molecule has 0 spiro atoms. The Bertz CT molecular complexity index is 221. The van der Waals surface area contributed by atoms with Crippen molar-refractivity contribution < 1.29 is 14.6 Å². The number of carbonyl (C=O) groups excluding carboxylic acids is 1. The van der Waals surface area contributed by atoms with Crippen LogP contribution in [-0.2, 0) is 9.53 Å². The monoisotopic (exact) mass is 243 g/mol. The molecule has 4 nitrogen and oxygen atoms in total. The van der Waals surface area contributed by atoms with E-state index in [2.05, 4.69) is 12.2 Å². The number of hydrogen-bond donors (Lipinski definition) is 2. The van der Waals surface area contributed by atoms with Gasteiger partial charge < -0.3 is 15.2 Å². The minimum absolute atomic E-state index is 0.213. The molecule has 1 fully saturated rings. The van der Waals surface area contributed by atoms with Crippen molar-refractivity contribution in [2.24, 2.45) is 0 Å². The third kappa shape index (κ3) is 6.03. The molecule has 100 valence electrons. The number of esters is 1. The summed E-state index contributed by atoms with van der Waals surface area (Å²) in [6, 6.07) is -0.301. The molecule has 2 unspecified atom stereocenters. The van der Waals surface area contributed by atoms with Crippen molar-refractivity contribution in [2.45, 2.75) is 64.0 Å². The molecule has 1 saturated heterocycles. The summed E-state index contributed by atoms with van der Waals surface area (Å²) in [6.07, 6.45) is 7.22. The maximum atomic E-state index is 11.5. The predicted molar refractivity (Wildman–Crippen MR) is 66.7 cm³/mol. The van der Waals surface area contributed by atoms with Crippen LogP contribution >= 0.6 is 0 Å². The van der Waals surface area contributed by atoms with E-state index < -0.39 is 6.10 Å². The molecule has 0 aromatic rings. The second-order valence-corrected chi connectivity index (χ2v) is 4.79. The summed E-state index contributed by atoms with van der Waals surface area (Å²) in [5, 5.41) is 12.2. The second-order valence-electron chi connectivity index (χ2n) is 4.79. The van der Waals surface area contributed by atoms with Crippen LogP contribution in [0, 0.1) is 0 Å². The largest absolute Gasteiger partial charge is 0.465 e. The highest BCUT2D eigenvalue weighted by Gasteiger charge is 2.28.